The average Bonchev–Trinajstić information content (AvgIpc) is 0.739. The number of nitrogens with zero attached hydrogens (tertiary/aromatic N) is 15. The number of hydrogen-bond donors (Lipinski definition) is 3. The van der Waals surface area contributed by atoms with Crippen molar-refractivity contribution in [3.63, 3.8) is 0 Å². The van der Waals surface area contributed by atoms with Gasteiger partial charge in [0, 0.05) is 57.9 Å². The van der Waals surface area contributed by atoms with Crippen LogP contribution in [0.1, 0.15) is 151 Å². The van der Waals surface area contributed by atoms with E-state index in [2.05, 4.69) is 44.9 Å². The number of aromatic nitrogens is 12. The monoisotopic (exact) mass is 1680 g/mol. The minimum Gasteiger partial charge on any atom is -0.397 e. The lowest BCUT2D eigenvalue weighted by molar-refractivity contribution is 0.449. The Bertz CT molecular complexity index is 5560. The molecule has 0 atom stereocenters. The van der Waals surface area contributed by atoms with E-state index < -0.39 is 153 Å². The summed E-state index contributed by atoms with van der Waals surface area (Å²) in [6, 6.07) is 8.27. The quantitative estimate of drug-likeness (QED) is 0.0444. The summed E-state index contributed by atoms with van der Waals surface area (Å²) in [6.07, 6.45) is 13.0. The van der Waals surface area contributed by atoms with Gasteiger partial charge in [0.15, 0.2) is 86.7 Å². The van der Waals surface area contributed by atoms with Gasteiger partial charge < -0.3 is 31.9 Å². The van der Waals surface area contributed by atoms with E-state index >= 15 is 26.3 Å². The molecule has 0 unspecified atom stereocenters. The largest absolute Gasteiger partial charge is 0.397 e. The molecule has 117 heavy (non-hydrogen) atoms. The number of benzene rings is 3. The second-order valence-corrected chi connectivity index (χ2v) is 30.7. The summed E-state index contributed by atoms with van der Waals surface area (Å²) in [4.78, 5) is 86.0. The van der Waals surface area contributed by atoms with Gasteiger partial charge in [-0.25, -0.2) is 95.7 Å². The van der Waals surface area contributed by atoms with E-state index in [-0.39, 0.29) is 68.3 Å². The molecular formula is C81H75Cl3F12N18O3. The zero-order chi connectivity index (χ0) is 84.5. The van der Waals surface area contributed by atoms with Crippen LogP contribution < -0.4 is 49.0 Å². The fourth-order valence-electron chi connectivity index (χ4n) is 15.0. The number of pyridine rings is 6. The number of rotatable bonds is 12. The van der Waals surface area contributed by atoms with Gasteiger partial charge in [-0.1, -0.05) is 76.3 Å². The SMILES string of the molecule is Cc1ccnc(C(C)C)c1-n1c(=O)nc(N2CCCCC2)c2cc(F)c(-c3c(F)c(N)c(F)c(F)c3Cl)nc21.Cc1ccnc(C(C)C)c1-n1c(=O)nc(N2CCCCC2)c2cc(F)c(-c3c(N)c(Cl)c(F)c(F)c3F)nc21.Cc1ccnc(C(C)C)c1-n1c(=O)nc(N2CCCCC2)c2cc(F)c(-c3c(N)c(F)c(F)c(Cl)c3F)nc21. The van der Waals surface area contributed by atoms with Gasteiger partial charge >= 0.3 is 17.1 Å². The third-order valence-corrected chi connectivity index (χ3v) is 21.8. The minimum atomic E-state index is -1.92. The van der Waals surface area contributed by atoms with Crippen molar-refractivity contribution in [3.05, 3.63) is 205 Å². The van der Waals surface area contributed by atoms with Crippen LogP contribution in [0.2, 0.25) is 15.1 Å². The summed E-state index contributed by atoms with van der Waals surface area (Å²) in [5, 5.41) is -2.57. The van der Waals surface area contributed by atoms with E-state index in [1.165, 1.54) is 13.7 Å². The standard InChI is InChI=1S/3C27H25ClF4N6O/c1-12(2)22-24(13(3)7-8-34-22)38-26-14(25(36-27(38)39)37-9-5-4-6-10-37)11-15(29)23(35-26)16-18(30)20(32)19(31)17(28)21(16)33;1-12(2)22-24(13(3)7-8-34-22)38-26-14(25(36-27(38)39)37-9-5-4-6-10-37)11-15(29)23(35-26)16-18(30)17(28)19(31)20(32)21(16)33;1-12(2)22-24(13(3)7-8-34-22)38-26-14(25(36-27(38)39)37-9-5-4-6-10-37)11-15(29)23(35-26)16-17(28)19(31)20(32)21(33)18(16)30/h3*7-8,11-12H,4-6,9-10,33H2,1-3H3. The molecule has 0 aliphatic carbocycles. The Morgan fingerprint density at radius 2 is 0.641 bits per heavy atom. The average molecular weight is 1680 g/mol. The van der Waals surface area contributed by atoms with Crippen LogP contribution in [0.5, 0.6) is 0 Å². The van der Waals surface area contributed by atoms with Crippen LogP contribution in [0.25, 0.3) is 83.9 Å². The molecule has 15 rings (SSSR count). The van der Waals surface area contributed by atoms with Crippen LogP contribution >= 0.6 is 34.8 Å². The maximum atomic E-state index is 15.7. The van der Waals surface area contributed by atoms with Gasteiger partial charge in [-0.15, -0.1) is 0 Å². The molecule has 12 heterocycles. The van der Waals surface area contributed by atoms with E-state index in [0.717, 1.165) is 76.0 Å². The predicted octanol–water partition coefficient (Wildman–Crippen LogP) is 18.2. The first kappa shape index (κ1) is 83.7. The van der Waals surface area contributed by atoms with E-state index in [0.29, 0.717) is 90.1 Å². The normalized spacial score (nSPS) is 14.0. The number of aryl methyl sites for hydroxylation is 3. The summed E-state index contributed by atoms with van der Waals surface area (Å²) < 4.78 is 182. The van der Waals surface area contributed by atoms with Crippen molar-refractivity contribution in [2.75, 3.05) is 71.2 Å². The lowest BCUT2D eigenvalue weighted by Gasteiger charge is -2.29. The molecule has 3 aliphatic rings. The van der Waals surface area contributed by atoms with Crippen molar-refractivity contribution in [3.8, 4) is 50.8 Å². The first-order valence-corrected chi connectivity index (χ1v) is 38.6. The summed E-state index contributed by atoms with van der Waals surface area (Å²) in [6.45, 7) is 20.3. The van der Waals surface area contributed by atoms with Gasteiger partial charge in [-0.2, -0.15) is 15.0 Å². The van der Waals surface area contributed by atoms with Gasteiger partial charge in [-0.05, 0) is 149 Å². The van der Waals surface area contributed by atoms with Crippen LogP contribution in [-0.4, -0.2) is 97.8 Å². The number of halogens is 15. The molecule has 12 aromatic rings. The third kappa shape index (κ3) is 15.1. The molecule has 0 amide bonds. The molecule has 0 bridgehead atoms. The number of hydrogen-bond acceptors (Lipinski definition) is 18. The van der Waals surface area contributed by atoms with E-state index in [1.54, 1.807) is 57.6 Å². The number of anilines is 6. The maximum absolute atomic E-state index is 15.7. The zero-order valence-electron chi connectivity index (χ0n) is 64.4. The van der Waals surface area contributed by atoms with Gasteiger partial charge in [0.05, 0.1) is 83.4 Å². The first-order valence-electron chi connectivity index (χ1n) is 37.5. The van der Waals surface area contributed by atoms with Crippen LogP contribution in [0.4, 0.5) is 87.2 Å². The lowest BCUT2D eigenvalue weighted by atomic mass is 10.0. The molecule has 0 spiro atoms. The second-order valence-electron chi connectivity index (χ2n) is 29.6. The third-order valence-electron chi connectivity index (χ3n) is 20.8. The van der Waals surface area contributed by atoms with Crippen molar-refractivity contribution in [2.45, 2.75) is 138 Å². The molecule has 3 saturated heterocycles. The number of piperidine rings is 3. The number of nitrogen functional groups attached to an aromatic ring is 3. The van der Waals surface area contributed by atoms with Gasteiger partial charge in [0.25, 0.3) is 0 Å². The van der Waals surface area contributed by atoms with Gasteiger partial charge in [0.2, 0.25) is 0 Å². The highest BCUT2D eigenvalue weighted by atomic mass is 35.5. The maximum Gasteiger partial charge on any atom is 0.355 e. The molecule has 3 aromatic carbocycles. The fourth-order valence-corrected chi connectivity index (χ4v) is 15.6. The lowest BCUT2D eigenvalue weighted by Crippen LogP contribution is -2.34. The van der Waals surface area contributed by atoms with Gasteiger partial charge in [0.1, 0.15) is 50.3 Å². The first-order chi connectivity index (χ1) is 55.6. The Balaban J connectivity index is 0.000000152. The van der Waals surface area contributed by atoms with Crippen LogP contribution in [0.3, 0.4) is 0 Å². The predicted molar refractivity (Wildman–Crippen MR) is 428 cm³/mol. The molecule has 3 aliphatic heterocycles. The molecule has 6 N–H and O–H groups in total. The Labute approximate surface area is 675 Å². The molecule has 612 valence electrons. The molecule has 36 heteroatoms. The Kier molecular flexibility index (Phi) is 23.9. The van der Waals surface area contributed by atoms with Crippen molar-refractivity contribution >= 4 is 102 Å². The highest BCUT2D eigenvalue weighted by Crippen LogP contribution is 2.45. The Morgan fingerprint density at radius 3 is 0.974 bits per heavy atom. The van der Waals surface area contributed by atoms with Crippen molar-refractivity contribution in [1.29, 1.82) is 0 Å². The number of nitrogens with two attached hydrogens (primary N) is 3. The van der Waals surface area contributed by atoms with Crippen molar-refractivity contribution in [2.24, 2.45) is 0 Å². The summed E-state index contributed by atoms with van der Waals surface area (Å²) >= 11 is 17.4. The fraction of sp³-hybridized carbons (Fsp3) is 0.333. The Hall–Kier alpha value is -11.2. The van der Waals surface area contributed by atoms with Crippen LogP contribution in [0.15, 0.2) is 69.4 Å². The zero-order valence-corrected chi connectivity index (χ0v) is 66.6. The smallest absolute Gasteiger partial charge is 0.355 e. The van der Waals surface area contributed by atoms with Crippen molar-refractivity contribution in [1.82, 2.24) is 58.6 Å². The minimum absolute atomic E-state index is 0.0652. The van der Waals surface area contributed by atoms with E-state index in [9.17, 15) is 40.7 Å². The summed E-state index contributed by atoms with van der Waals surface area (Å²) in [5.41, 5.74) is 11.8. The van der Waals surface area contributed by atoms with Crippen molar-refractivity contribution < 1.29 is 52.7 Å². The van der Waals surface area contributed by atoms with Crippen LogP contribution in [-0.2, 0) is 0 Å². The molecule has 21 nitrogen and oxygen atoms in total. The number of fused-ring (bicyclic) bond motifs is 3. The summed E-state index contributed by atoms with van der Waals surface area (Å²) in [7, 11) is 0. The molecular weight excluding hydrogens is 1610 g/mol. The highest BCUT2D eigenvalue weighted by molar-refractivity contribution is 6.34. The molecule has 9 aromatic heterocycles. The van der Waals surface area contributed by atoms with Crippen LogP contribution in [0, 0.1) is 90.6 Å². The van der Waals surface area contributed by atoms with E-state index in [4.69, 9.17) is 52.0 Å². The Morgan fingerprint density at radius 1 is 0.342 bits per heavy atom. The second kappa shape index (κ2) is 33.4. The topological polar surface area (TPSA) is 270 Å². The summed E-state index contributed by atoms with van der Waals surface area (Å²) in [5.74, 6) is -17.9. The molecule has 0 saturated carbocycles. The highest BCUT2D eigenvalue weighted by Gasteiger charge is 2.35. The van der Waals surface area contributed by atoms with Gasteiger partial charge in [-0.3, -0.25) is 15.0 Å². The molecule has 0 radical (unpaired) electrons. The van der Waals surface area contributed by atoms with E-state index in [1.807, 2.05) is 56.2 Å². The molecule has 3 fully saturated rings.